The van der Waals surface area contributed by atoms with Gasteiger partial charge in [-0.1, -0.05) is 33.6 Å². The fourth-order valence-electron chi connectivity index (χ4n) is 2.04. The van der Waals surface area contributed by atoms with E-state index in [1.807, 2.05) is 32.0 Å². The molecule has 24 heavy (non-hydrogen) atoms. The summed E-state index contributed by atoms with van der Waals surface area (Å²) in [7, 11) is 0. The van der Waals surface area contributed by atoms with Crippen LogP contribution in [0, 0.1) is 5.82 Å². The molecule has 0 spiro atoms. The Morgan fingerprint density at radius 3 is 2.71 bits per heavy atom. The Morgan fingerprint density at radius 1 is 1.29 bits per heavy atom. The molecule has 2 aromatic carbocycles. The second-order valence-corrected chi connectivity index (χ2v) is 7.46. The van der Waals surface area contributed by atoms with Gasteiger partial charge in [0.25, 0.3) is 0 Å². The lowest BCUT2D eigenvalue weighted by atomic mass is 10.1. The summed E-state index contributed by atoms with van der Waals surface area (Å²) in [5, 5.41) is 13.0. The van der Waals surface area contributed by atoms with Gasteiger partial charge in [0.15, 0.2) is 0 Å². The summed E-state index contributed by atoms with van der Waals surface area (Å²) in [6, 6.07) is 10.2. The molecular weight excluding hydrogens is 397 g/mol. The molecule has 3 nitrogen and oxygen atoms in total. The summed E-state index contributed by atoms with van der Waals surface area (Å²) in [6.45, 7) is 4.38. The van der Waals surface area contributed by atoms with Gasteiger partial charge in [0.05, 0.1) is 11.6 Å². The maximum Gasteiger partial charge on any atom is 0.131 e. The van der Waals surface area contributed by atoms with Crippen molar-refractivity contribution < 1.29 is 14.2 Å². The van der Waals surface area contributed by atoms with E-state index in [1.54, 1.807) is 12.1 Å². The molecule has 2 N–H and O–H groups in total. The van der Waals surface area contributed by atoms with Crippen LogP contribution >= 0.6 is 27.5 Å². The van der Waals surface area contributed by atoms with Gasteiger partial charge in [-0.2, -0.15) is 0 Å². The Kier molecular flexibility index (Phi) is 6.63. The molecule has 0 heterocycles. The van der Waals surface area contributed by atoms with Crippen molar-refractivity contribution in [3.05, 3.63) is 62.8 Å². The summed E-state index contributed by atoms with van der Waals surface area (Å²) in [5.74, 6) is 0.250. The maximum absolute atomic E-state index is 13.9. The average Bonchev–Trinajstić information content (AvgIpc) is 2.54. The van der Waals surface area contributed by atoms with E-state index in [4.69, 9.17) is 16.3 Å². The number of nitrogens with one attached hydrogen (secondary N) is 1. The lowest BCUT2D eigenvalue weighted by Crippen LogP contribution is -2.42. The predicted molar refractivity (Wildman–Crippen MR) is 97.9 cm³/mol. The standard InChI is InChI=1S/C18H20BrClFNO2/c1-18(2,11-23)22-9-12-8-13(19)6-7-17(12)24-10-14-15(20)4-3-5-16(14)21/h3-8,22-23H,9-11H2,1-2H3. The quantitative estimate of drug-likeness (QED) is 0.688. The third-order valence-corrected chi connectivity index (χ3v) is 4.46. The first-order chi connectivity index (χ1) is 11.3. The number of halogens is 3. The van der Waals surface area contributed by atoms with Gasteiger partial charge < -0.3 is 15.2 Å². The number of hydrogen-bond donors (Lipinski definition) is 2. The van der Waals surface area contributed by atoms with Crippen molar-refractivity contribution >= 4 is 27.5 Å². The number of aliphatic hydroxyl groups excluding tert-OH is 1. The lowest BCUT2D eigenvalue weighted by Gasteiger charge is -2.24. The van der Waals surface area contributed by atoms with Crippen molar-refractivity contribution in [2.45, 2.75) is 32.5 Å². The zero-order chi connectivity index (χ0) is 17.7. The second kappa shape index (κ2) is 8.30. The molecule has 130 valence electrons. The second-order valence-electron chi connectivity index (χ2n) is 6.14. The van der Waals surface area contributed by atoms with Gasteiger partial charge >= 0.3 is 0 Å². The van der Waals surface area contributed by atoms with E-state index >= 15 is 0 Å². The minimum Gasteiger partial charge on any atom is -0.488 e. The predicted octanol–water partition coefficient (Wildman–Crippen LogP) is 4.68. The summed E-state index contributed by atoms with van der Waals surface area (Å²) in [4.78, 5) is 0. The normalized spacial score (nSPS) is 11.6. The van der Waals surface area contributed by atoms with Gasteiger partial charge in [0.1, 0.15) is 18.2 Å². The summed E-state index contributed by atoms with van der Waals surface area (Å²) >= 11 is 9.47. The largest absolute Gasteiger partial charge is 0.488 e. The van der Waals surface area contributed by atoms with Gasteiger partial charge in [-0.3, -0.25) is 0 Å². The first-order valence-electron chi connectivity index (χ1n) is 7.52. The van der Waals surface area contributed by atoms with Crippen molar-refractivity contribution in [2.24, 2.45) is 0 Å². The molecule has 6 heteroatoms. The Morgan fingerprint density at radius 2 is 2.04 bits per heavy atom. The van der Waals surface area contributed by atoms with Crippen molar-refractivity contribution in [1.29, 1.82) is 0 Å². The van der Waals surface area contributed by atoms with Crippen LogP contribution in [0.4, 0.5) is 4.39 Å². The topological polar surface area (TPSA) is 41.5 Å². The van der Waals surface area contributed by atoms with Crippen LogP contribution in [-0.4, -0.2) is 17.3 Å². The zero-order valence-corrected chi connectivity index (χ0v) is 15.9. The van der Waals surface area contributed by atoms with Crippen LogP contribution < -0.4 is 10.1 Å². The fraction of sp³-hybridized carbons (Fsp3) is 0.333. The summed E-state index contributed by atoms with van der Waals surface area (Å²) < 4.78 is 20.6. The molecule has 0 atom stereocenters. The molecule has 0 radical (unpaired) electrons. The molecule has 0 aliphatic rings. The molecule has 0 saturated carbocycles. The smallest absolute Gasteiger partial charge is 0.131 e. The number of rotatable bonds is 7. The Bertz CT molecular complexity index is 689. The number of aliphatic hydroxyl groups is 1. The number of hydrogen-bond acceptors (Lipinski definition) is 3. The highest BCUT2D eigenvalue weighted by Crippen LogP contribution is 2.26. The third kappa shape index (κ3) is 5.18. The highest BCUT2D eigenvalue weighted by Gasteiger charge is 2.17. The van der Waals surface area contributed by atoms with Gasteiger partial charge in [-0.05, 0) is 44.2 Å². The van der Waals surface area contributed by atoms with Crippen LogP contribution in [0.15, 0.2) is 40.9 Å². The van der Waals surface area contributed by atoms with E-state index < -0.39 is 5.54 Å². The van der Waals surface area contributed by atoms with E-state index in [-0.39, 0.29) is 19.0 Å². The van der Waals surface area contributed by atoms with E-state index in [1.165, 1.54) is 6.07 Å². The molecule has 2 aromatic rings. The molecule has 0 aromatic heterocycles. The lowest BCUT2D eigenvalue weighted by molar-refractivity contribution is 0.186. The minimum atomic E-state index is -0.408. The number of ether oxygens (including phenoxy) is 1. The fourth-order valence-corrected chi connectivity index (χ4v) is 2.66. The molecule has 0 aliphatic heterocycles. The van der Waals surface area contributed by atoms with Crippen LogP contribution in [0.2, 0.25) is 5.02 Å². The number of benzene rings is 2. The van der Waals surface area contributed by atoms with Gasteiger partial charge in [-0.25, -0.2) is 4.39 Å². The van der Waals surface area contributed by atoms with Crippen LogP contribution in [-0.2, 0) is 13.2 Å². The summed E-state index contributed by atoms with van der Waals surface area (Å²) in [6.07, 6.45) is 0. The van der Waals surface area contributed by atoms with Crippen molar-refractivity contribution in [3.8, 4) is 5.75 Å². The Labute approximate surface area is 154 Å². The molecule has 2 rings (SSSR count). The maximum atomic E-state index is 13.9. The van der Waals surface area contributed by atoms with Crippen LogP contribution in [0.5, 0.6) is 5.75 Å². The highest BCUT2D eigenvalue weighted by atomic mass is 79.9. The molecule has 0 amide bonds. The van der Waals surface area contributed by atoms with Crippen LogP contribution in [0.1, 0.15) is 25.0 Å². The molecule has 0 bridgehead atoms. The third-order valence-electron chi connectivity index (χ3n) is 3.61. The van der Waals surface area contributed by atoms with Crippen LogP contribution in [0.25, 0.3) is 0 Å². The van der Waals surface area contributed by atoms with E-state index in [0.717, 1.165) is 10.0 Å². The van der Waals surface area contributed by atoms with Gasteiger partial charge in [0.2, 0.25) is 0 Å². The SMILES string of the molecule is CC(C)(CO)NCc1cc(Br)ccc1OCc1c(F)cccc1Cl. The van der Waals surface area contributed by atoms with Crippen molar-refractivity contribution in [1.82, 2.24) is 5.32 Å². The van der Waals surface area contributed by atoms with E-state index in [9.17, 15) is 9.50 Å². The van der Waals surface area contributed by atoms with Gasteiger partial charge in [0, 0.05) is 27.7 Å². The van der Waals surface area contributed by atoms with Crippen molar-refractivity contribution in [2.75, 3.05) is 6.61 Å². The van der Waals surface area contributed by atoms with Crippen molar-refractivity contribution in [3.63, 3.8) is 0 Å². The molecule has 0 unspecified atom stereocenters. The first-order valence-corrected chi connectivity index (χ1v) is 8.69. The van der Waals surface area contributed by atoms with Crippen LogP contribution in [0.3, 0.4) is 0 Å². The molecule has 0 aliphatic carbocycles. The average molecular weight is 417 g/mol. The van der Waals surface area contributed by atoms with E-state index in [2.05, 4.69) is 21.2 Å². The minimum absolute atomic E-state index is 0.0159. The first kappa shape index (κ1) is 19.2. The molecule has 0 fully saturated rings. The van der Waals surface area contributed by atoms with E-state index in [0.29, 0.717) is 22.9 Å². The zero-order valence-electron chi connectivity index (χ0n) is 13.6. The Hall–Kier alpha value is -1.14. The molecule has 0 saturated heterocycles. The summed E-state index contributed by atoms with van der Waals surface area (Å²) in [5.41, 5.74) is 0.823. The Balaban J connectivity index is 2.15. The monoisotopic (exact) mass is 415 g/mol. The molecular formula is C18H20BrClFNO2. The van der Waals surface area contributed by atoms with Gasteiger partial charge in [-0.15, -0.1) is 0 Å². The highest BCUT2D eigenvalue weighted by molar-refractivity contribution is 9.10.